The number of hydrogen-bond donors (Lipinski definition) is 1. The molecule has 0 aliphatic heterocycles. The van der Waals surface area contributed by atoms with Crippen molar-refractivity contribution in [1.82, 2.24) is 10.2 Å². The normalized spacial score (nSPS) is 11.2. The number of aliphatic hydroxyl groups is 1. The smallest absolute Gasteiger partial charge is 0.255 e. The van der Waals surface area contributed by atoms with Gasteiger partial charge in [0.25, 0.3) is 6.43 Å². The average Bonchev–Trinajstić information content (AvgIpc) is 2.39. The second-order valence-corrected chi connectivity index (χ2v) is 4.22. The Hall–Kier alpha value is -1.82. The topological polar surface area (TPSA) is 49.2 Å². The zero-order valence-corrected chi connectivity index (χ0v) is 10.6. The van der Waals surface area contributed by atoms with Crippen LogP contribution in [0.1, 0.15) is 5.69 Å². The number of aryl methyl sites for hydroxylation is 1. The lowest BCUT2D eigenvalue weighted by atomic mass is 10.1. The number of anilines is 1. The Kier molecular flexibility index (Phi) is 4.21. The number of fused-ring (bicyclic) bond motifs is 1. The van der Waals surface area contributed by atoms with Crippen LogP contribution in [0.2, 0.25) is 0 Å². The van der Waals surface area contributed by atoms with Crippen molar-refractivity contribution < 1.29 is 13.9 Å². The molecule has 0 aliphatic rings. The van der Waals surface area contributed by atoms with Crippen molar-refractivity contribution in [3.63, 3.8) is 0 Å². The van der Waals surface area contributed by atoms with Gasteiger partial charge in [0.2, 0.25) is 0 Å². The van der Waals surface area contributed by atoms with E-state index in [1.807, 2.05) is 31.2 Å². The number of hydrogen-bond acceptors (Lipinski definition) is 4. The third-order valence-corrected chi connectivity index (χ3v) is 2.88. The minimum atomic E-state index is -2.49. The molecule has 0 spiro atoms. The van der Waals surface area contributed by atoms with E-state index in [0.717, 1.165) is 16.5 Å². The number of nitrogens with zero attached hydrogens (tertiary/aromatic N) is 3. The third kappa shape index (κ3) is 2.96. The number of rotatable bonds is 5. The van der Waals surface area contributed by atoms with Gasteiger partial charge in [-0.3, -0.25) is 0 Å². The molecule has 0 unspecified atom stereocenters. The molecule has 1 heterocycles. The van der Waals surface area contributed by atoms with Crippen LogP contribution in [0.15, 0.2) is 24.3 Å². The van der Waals surface area contributed by atoms with E-state index >= 15 is 0 Å². The summed E-state index contributed by atoms with van der Waals surface area (Å²) in [5, 5.41) is 18.7. The molecule has 1 aromatic heterocycles. The predicted octanol–water partition coefficient (Wildman–Crippen LogP) is 2.00. The van der Waals surface area contributed by atoms with Gasteiger partial charge in [-0.25, -0.2) is 8.78 Å². The van der Waals surface area contributed by atoms with Gasteiger partial charge >= 0.3 is 0 Å². The first-order valence-corrected chi connectivity index (χ1v) is 5.99. The predicted molar refractivity (Wildman–Crippen MR) is 69.6 cm³/mol. The molecule has 102 valence electrons. The summed E-state index contributed by atoms with van der Waals surface area (Å²) in [6, 6.07) is 7.39. The third-order valence-electron chi connectivity index (χ3n) is 2.88. The molecule has 0 aliphatic carbocycles. The minimum absolute atomic E-state index is 0.103. The second-order valence-electron chi connectivity index (χ2n) is 4.22. The largest absolute Gasteiger partial charge is 0.395 e. The molecule has 1 N–H and O–H groups in total. The Morgan fingerprint density at radius 2 is 1.89 bits per heavy atom. The Balaban J connectivity index is 2.50. The molecule has 1 aromatic carbocycles. The zero-order chi connectivity index (χ0) is 13.8. The van der Waals surface area contributed by atoms with E-state index in [2.05, 4.69) is 10.2 Å². The summed E-state index contributed by atoms with van der Waals surface area (Å²) in [5.74, 6) is 0.385. The molecule has 4 nitrogen and oxygen atoms in total. The van der Waals surface area contributed by atoms with E-state index in [4.69, 9.17) is 5.11 Å². The fourth-order valence-corrected chi connectivity index (χ4v) is 2.03. The van der Waals surface area contributed by atoms with Crippen molar-refractivity contribution in [2.45, 2.75) is 13.3 Å². The average molecular weight is 267 g/mol. The van der Waals surface area contributed by atoms with E-state index in [-0.39, 0.29) is 13.2 Å². The second kappa shape index (κ2) is 5.88. The van der Waals surface area contributed by atoms with Gasteiger partial charge in [-0.1, -0.05) is 24.3 Å². The van der Waals surface area contributed by atoms with Crippen LogP contribution in [0.3, 0.4) is 0 Å². The molecule has 0 atom stereocenters. The summed E-state index contributed by atoms with van der Waals surface area (Å²) in [6.07, 6.45) is -2.49. The van der Waals surface area contributed by atoms with E-state index in [1.165, 1.54) is 4.90 Å². The van der Waals surface area contributed by atoms with Crippen molar-refractivity contribution in [3.8, 4) is 0 Å². The Morgan fingerprint density at radius 3 is 2.53 bits per heavy atom. The molecule has 0 fully saturated rings. The highest BCUT2D eigenvalue weighted by atomic mass is 19.3. The fourth-order valence-electron chi connectivity index (χ4n) is 2.03. The molecule has 6 heteroatoms. The lowest BCUT2D eigenvalue weighted by Crippen LogP contribution is -2.32. The lowest BCUT2D eigenvalue weighted by Gasteiger charge is -2.23. The van der Waals surface area contributed by atoms with Crippen LogP contribution < -0.4 is 4.90 Å². The quantitative estimate of drug-likeness (QED) is 0.900. The summed E-state index contributed by atoms with van der Waals surface area (Å²) in [5.41, 5.74) is 0.750. The van der Waals surface area contributed by atoms with Crippen LogP contribution in [0.4, 0.5) is 14.6 Å². The first kappa shape index (κ1) is 13.6. The van der Waals surface area contributed by atoms with E-state index in [0.29, 0.717) is 5.82 Å². The molecule has 0 saturated carbocycles. The molecular formula is C13H15F2N3O. The first-order chi connectivity index (χ1) is 9.13. The Morgan fingerprint density at radius 1 is 1.21 bits per heavy atom. The molecule has 2 aromatic rings. The summed E-state index contributed by atoms with van der Waals surface area (Å²) in [4.78, 5) is 1.36. The minimum Gasteiger partial charge on any atom is -0.395 e. The Bertz CT molecular complexity index is 563. The zero-order valence-electron chi connectivity index (χ0n) is 10.6. The standard InChI is InChI=1S/C13H15F2N3O/c1-9-10-4-2-3-5-11(10)13(17-16-9)18(6-7-19)8-12(14)15/h2-5,12,19H,6-8H2,1H3. The van der Waals surface area contributed by atoms with E-state index in [9.17, 15) is 8.78 Å². The summed E-state index contributed by atoms with van der Waals surface area (Å²) >= 11 is 0. The van der Waals surface area contributed by atoms with Crippen LogP contribution in [0.5, 0.6) is 0 Å². The van der Waals surface area contributed by atoms with Gasteiger partial charge in [-0.15, -0.1) is 5.10 Å². The van der Waals surface area contributed by atoms with Gasteiger partial charge in [0, 0.05) is 17.3 Å². The highest BCUT2D eigenvalue weighted by Crippen LogP contribution is 2.25. The van der Waals surface area contributed by atoms with Crippen LogP contribution in [-0.4, -0.2) is 41.4 Å². The summed E-state index contributed by atoms with van der Waals surface area (Å²) < 4.78 is 25.2. The SMILES string of the molecule is Cc1nnc(N(CCO)CC(F)F)c2ccccc12. The van der Waals surface area contributed by atoms with Crippen molar-refractivity contribution in [3.05, 3.63) is 30.0 Å². The number of aromatic nitrogens is 2. The molecule has 0 saturated heterocycles. The fraction of sp³-hybridized carbons (Fsp3) is 0.385. The van der Waals surface area contributed by atoms with Crippen LogP contribution in [0.25, 0.3) is 10.8 Å². The van der Waals surface area contributed by atoms with E-state index < -0.39 is 13.0 Å². The molecule has 0 radical (unpaired) electrons. The lowest BCUT2D eigenvalue weighted by molar-refractivity contribution is 0.152. The maximum absolute atomic E-state index is 12.6. The Labute approximate surface area is 109 Å². The van der Waals surface area contributed by atoms with Crippen LogP contribution >= 0.6 is 0 Å². The van der Waals surface area contributed by atoms with Crippen molar-refractivity contribution in [1.29, 1.82) is 0 Å². The monoisotopic (exact) mass is 267 g/mol. The molecule has 2 rings (SSSR count). The maximum Gasteiger partial charge on any atom is 0.255 e. The molecule has 0 bridgehead atoms. The maximum atomic E-state index is 12.6. The molecular weight excluding hydrogens is 252 g/mol. The van der Waals surface area contributed by atoms with Gasteiger partial charge < -0.3 is 10.0 Å². The van der Waals surface area contributed by atoms with E-state index in [1.54, 1.807) is 0 Å². The number of alkyl halides is 2. The summed E-state index contributed by atoms with van der Waals surface area (Å²) in [6.45, 7) is 1.24. The molecule has 19 heavy (non-hydrogen) atoms. The first-order valence-electron chi connectivity index (χ1n) is 5.99. The highest BCUT2D eigenvalue weighted by Gasteiger charge is 2.17. The number of benzene rings is 1. The van der Waals surface area contributed by atoms with Gasteiger partial charge in [0.05, 0.1) is 18.8 Å². The van der Waals surface area contributed by atoms with Crippen molar-refractivity contribution in [2.75, 3.05) is 24.6 Å². The number of aliphatic hydroxyl groups excluding tert-OH is 1. The van der Waals surface area contributed by atoms with Crippen molar-refractivity contribution in [2.24, 2.45) is 0 Å². The number of halogens is 2. The highest BCUT2D eigenvalue weighted by molar-refractivity contribution is 5.93. The molecule has 0 amide bonds. The van der Waals surface area contributed by atoms with Crippen molar-refractivity contribution >= 4 is 16.6 Å². The summed E-state index contributed by atoms with van der Waals surface area (Å²) in [7, 11) is 0. The van der Waals surface area contributed by atoms with Gasteiger partial charge in [0.15, 0.2) is 5.82 Å². The van der Waals surface area contributed by atoms with Crippen LogP contribution in [-0.2, 0) is 0 Å². The van der Waals surface area contributed by atoms with Crippen LogP contribution in [0, 0.1) is 6.92 Å². The van der Waals surface area contributed by atoms with Gasteiger partial charge in [-0.2, -0.15) is 5.10 Å². The van der Waals surface area contributed by atoms with Gasteiger partial charge in [-0.05, 0) is 6.92 Å². The van der Waals surface area contributed by atoms with Gasteiger partial charge in [0.1, 0.15) is 0 Å².